The molecule has 0 atom stereocenters. The van der Waals surface area contributed by atoms with Gasteiger partial charge in [0.15, 0.2) is 12.3 Å². The Morgan fingerprint density at radius 3 is 2.53 bits per heavy atom. The number of rotatable bonds is 7. The molecule has 1 saturated heterocycles. The Hall–Kier alpha value is -2.98. The molecule has 4 rings (SSSR count). The fraction of sp³-hybridized carbons (Fsp3) is 0.409. The Kier molecular flexibility index (Phi) is 6.16. The number of aromatic nitrogens is 3. The average molecular weight is 458 g/mol. The molecular weight excluding hydrogens is 430 g/mol. The van der Waals surface area contributed by atoms with Crippen LogP contribution in [0.25, 0.3) is 11.0 Å². The third kappa shape index (κ3) is 4.46. The van der Waals surface area contributed by atoms with Gasteiger partial charge in [-0.15, -0.1) is 5.10 Å². The Bertz CT molecular complexity index is 1250. The van der Waals surface area contributed by atoms with Crippen LogP contribution in [-0.4, -0.2) is 53.1 Å². The topological polar surface area (TPSA) is 106 Å². The van der Waals surface area contributed by atoms with Crippen LogP contribution < -0.4 is 10.1 Å². The van der Waals surface area contributed by atoms with E-state index in [-0.39, 0.29) is 24.0 Å². The number of nitrogens with zero attached hydrogens (tertiary/aromatic N) is 4. The molecule has 2 aromatic heterocycles. The summed E-state index contributed by atoms with van der Waals surface area (Å²) < 4.78 is 34.0. The Labute approximate surface area is 187 Å². The number of benzene rings is 1. The van der Waals surface area contributed by atoms with Gasteiger partial charge in [0.25, 0.3) is 5.91 Å². The fourth-order valence-electron chi connectivity index (χ4n) is 3.89. The molecule has 0 aliphatic carbocycles. The number of sulfonamides is 1. The molecule has 1 amide bonds. The van der Waals surface area contributed by atoms with E-state index in [1.165, 1.54) is 4.31 Å². The molecule has 170 valence electrons. The van der Waals surface area contributed by atoms with E-state index >= 15 is 0 Å². The Balaban J connectivity index is 1.34. The van der Waals surface area contributed by atoms with Crippen molar-refractivity contribution in [2.24, 2.45) is 7.05 Å². The van der Waals surface area contributed by atoms with Crippen LogP contribution in [0.3, 0.4) is 0 Å². The van der Waals surface area contributed by atoms with E-state index in [2.05, 4.69) is 15.4 Å². The average Bonchev–Trinajstić information content (AvgIpc) is 3.40. The van der Waals surface area contributed by atoms with E-state index < -0.39 is 10.0 Å². The van der Waals surface area contributed by atoms with Crippen molar-refractivity contribution >= 4 is 27.0 Å². The van der Waals surface area contributed by atoms with Crippen LogP contribution in [-0.2, 0) is 28.4 Å². The van der Waals surface area contributed by atoms with Crippen molar-refractivity contribution in [3.05, 3.63) is 47.2 Å². The molecule has 10 heteroatoms. The molecule has 0 unspecified atom stereocenters. The number of carbonyl (C=O) groups is 1. The lowest BCUT2D eigenvalue weighted by molar-refractivity contribution is -0.123. The smallest absolute Gasteiger partial charge is 0.258 e. The monoisotopic (exact) mass is 457 g/mol. The van der Waals surface area contributed by atoms with E-state index in [9.17, 15) is 13.2 Å². The SMILES string of the molecule is Cc1cc(C)c2c(OCC(=O)NCc3ccc(S(=O)(=O)N4CCCC4)cc3)nn(C)c2n1. The van der Waals surface area contributed by atoms with Crippen molar-refractivity contribution in [3.8, 4) is 5.88 Å². The van der Waals surface area contributed by atoms with Crippen molar-refractivity contribution in [3.63, 3.8) is 0 Å². The first kappa shape index (κ1) is 22.2. The van der Waals surface area contributed by atoms with Crippen molar-refractivity contribution in [1.82, 2.24) is 24.4 Å². The summed E-state index contributed by atoms with van der Waals surface area (Å²) in [4.78, 5) is 17.0. The van der Waals surface area contributed by atoms with Crippen LogP contribution in [0.5, 0.6) is 5.88 Å². The van der Waals surface area contributed by atoms with Gasteiger partial charge in [-0.3, -0.25) is 4.79 Å². The highest BCUT2D eigenvalue weighted by Gasteiger charge is 2.26. The molecule has 32 heavy (non-hydrogen) atoms. The summed E-state index contributed by atoms with van der Waals surface area (Å²) in [6.07, 6.45) is 1.80. The molecule has 0 spiro atoms. The first-order valence-corrected chi connectivity index (χ1v) is 12.0. The fourth-order valence-corrected chi connectivity index (χ4v) is 5.41. The molecule has 1 N–H and O–H groups in total. The highest BCUT2D eigenvalue weighted by molar-refractivity contribution is 7.89. The molecule has 1 aliphatic heterocycles. The third-order valence-electron chi connectivity index (χ3n) is 5.54. The number of pyridine rings is 1. The second-order valence-corrected chi connectivity index (χ2v) is 9.97. The zero-order chi connectivity index (χ0) is 22.9. The van der Waals surface area contributed by atoms with Crippen molar-refractivity contribution in [2.45, 2.75) is 38.1 Å². The maximum Gasteiger partial charge on any atom is 0.258 e. The van der Waals surface area contributed by atoms with E-state index in [1.807, 2.05) is 19.9 Å². The summed E-state index contributed by atoms with van der Waals surface area (Å²) in [5.74, 6) is 0.0782. The summed E-state index contributed by atoms with van der Waals surface area (Å²) in [5, 5.41) is 7.92. The zero-order valence-corrected chi connectivity index (χ0v) is 19.3. The molecule has 3 aromatic rings. The van der Waals surface area contributed by atoms with Crippen LogP contribution in [0.2, 0.25) is 0 Å². The largest absolute Gasteiger partial charge is 0.466 e. The number of amides is 1. The van der Waals surface area contributed by atoms with Crippen LogP contribution in [0.4, 0.5) is 0 Å². The number of fused-ring (bicyclic) bond motifs is 1. The zero-order valence-electron chi connectivity index (χ0n) is 18.5. The van der Waals surface area contributed by atoms with E-state index in [4.69, 9.17) is 4.74 Å². The van der Waals surface area contributed by atoms with Crippen molar-refractivity contribution in [1.29, 1.82) is 0 Å². The molecule has 0 radical (unpaired) electrons. The minimum Gasteiger partial charge on any atom is -0.466 e. The number of hydrogen-bond donors (Lipinski definition) is 1. The van der Waals surface area contributed by atoms with Crippen molar-refractivity contribution < 1.29 is 17.9 Å². The van der Waals surface area contributed by atoms with Crippen LogP contribution in [0.15, 0.2) is 35.2 Å². The predicted molar refractivity (Wildman–Crippen MR) is 120 cm³/mol. The van der Waals surface area contributed by atoms with E-state index in [1.54, 1.807) is 36.0 Å². The van der Waals surface area contributed by atoms with Gasteiger partial charge in [-0.25, -0.2) is 18.1 Å². The second-order valence-electron chi connectivity index (χ2n) is 8.03. The molecule has 1 aromatic carbocycles. The van der Waals surface area contributed by atoms with Crippen LogP contribution in [0.1, 0.15) is 29.7 Å². The van der Waals surface area contributed by atoms with Gasteiger partial charge in [0.1, 0.15) is 0 Å². The van der Waals surface area contributed by atoms with E-state index in [0.717, 1.165) is 35.0 Å². The lowest BCUT2D eigenvalue weighted by Crippen LogP contribution is -2.29. The number of carbonyl (C=O) groups excluding carboxylic acids is 1. The summed E-state index contributed by atoms with van der Waals surface area (Å²) in [6.45, 7) is 5.11. The Morgan fingerprint density at radius 2 is 1.84 bits per heavy atom. The molecule has 1 aliphatic rings. The van der Waals surface area contributed by atoms with Gasteiger partial charge in [-0.05, 0) is 56.0 Å². The quantitative estimate of drug-likeness (QED) is 0.582. The summed E-state index contributed by atoms with van der Waals surface area (Å²) in [7, 11) is -1.65. The molecule has 1 fully saturated rings. The third-order valence-corrected chi connectivity index (χ3v) is 7.46. The van der Waals surface area contributed by atoms with E-state index in [0.29, 0.717) is 24.6 Å². The molecular formula is C22H27N5O4S. The van der Waals surface area contributed by atoms with Gasteiger partial charge in [0.2, 0.25) is 15.9 Å². The standard InChI is InChI=1S/C22H27N5O4S/c1-15-12-16(2)24-21-20(15)22(25-26(21)3)31-14-19(28)23-13-17-6-8-18(9-7-17)32(29,30)27-10-4-5-11-27/h6-9,12H,4-5,10-11,13-14H2,1-3H3,(H,23,28). The molecule has 0 bridgehead atoms. The minimum absolute atomic E-state index is 0.180. The van der Waals surface area contributed by atoms with Gasteiger partial charge in [0, 0.05) is 32.4 Å². The lowest BCUT2D eigenvalue weighted by atomic mass is 10.2. The number of hydrogen-bond acceptors (Lipinski definition) is 6. The predicted octanol–water partition coefficient (Wildman–Crippen LogP) is 2.06. The maximum absolute atomic E-state index is 12.6. The second kappa shape index (κ2) is 8.87. The van der Waals surface area contributed by atoms with Gasteiger partial charge < -0.3 is 10.1 Å². The number of nitrogens with one attached hydrogen (secondary N) is 1. The van der Waals surface area contributed by atoms with Crippen molar-refractivity contribution in [2.75, 3.05) is 19.7 Å². The van der Waals surface area contributed by atoms with Gasteiger partial charge in [-0.2, -0.15) is 4.31 Å². The highest BCUT2D eigenvalue weighted by atomic mass is 32.2. The van der Waals surface area contributed by atoms with Gasteiger partial charge in [0.05, 0.1) is 10.3 Å². The first-order valence-electron chi connectivity index (χ1n) is 10.6. The first-order chi connectivity index (χ1) is 15.3. The minimum atomic E-state index is -3.44. The normalized spacial score (nSPS) is 14.7. The molecule has 9 nitrogen and oxygen atoms in total. The molecule has 3 heterocycles. The summed E-state index contributed by atoms with van der Waals surface area (Å²) >= 11 is 0. The van der Waals surface area contributed by atoms with Crippen LogP contribution >= 0.6 is 0 Å². The lowest BCUT2D eigenvalue weighted by Gasteiger charge is -2.15. The number of aryl methyl sites for hydroxylation is 3. The van der Waals surface area contributed by atoms with Crippen LogP contribution in [0, 0.1) is 13.8 Å². The van der Waals surface area contributed by atoms with Gasteiger partial charge >= 0.3 is 0 Å². The Morgan fingerprint density at radius 1 is 1.16 bits per heavy atom. The maximum atomic E-state index is 12.6. The summed E-state index contributed by atoms with van der Waals surface area (Å²) in [5.41, 5.74) is 3.39. The summed E-state index contributed by atoms with van der Waals surface area (Å²) in [6, 6.07) is 8.55. The van der Waals surface area contributed by atoms with Gasteiger partial charge in [-0.1, -0.05) is 12.1 Å². The highest BCUT2D eigenvalue weighted by Crippen LogP contribution is 2.27. The molecule has 0 saturated carbocycles. The number of ether oxygens (including phenoxy) is 1.